The Morgan fingerprint density at radius 2 is 2.05 bits per heavy atom. The highest BCUT2D eigenvalue weighted by molar-refractivity contribution is 7.89. The lowest BCUT2D eigenvalue weighted by Gasteiger charge is -2.27. The van der Waals surface area contributed by atoms with E-state index in [1.165, 1.54) is 4.40 Å². The molecule has 1 unspecified atom stereocenters. The lowest BCUT2D eigenvalue weighted by Crippen LogP contribution is -2.34. The third-order valence-electron chi connectivity index (χ3n) is 3.76. The third-order valence-corrected chi connectivity index (χ3v) is 5.58. The summed E-state index contributed by atoms with van der Waals surface area (Å²) in [6.07, 6.45) is 1.63. The Hall–Kier alpha value is -1.11. The van der Waals surface area contributed by atoms with Gasteiger partial charge in [0.15, 0.2) is 10.2 Å². The molecule has 7 heteroatoms. The van der Waals surface area contributed by atoms with Crippen LogP contribution in [0, 0.1) is 11.3 Å². The molecule has 2 aromatic rings. The molecule has 0 saturated heterocycles. The zero-order valence-corrected chi connectivity index (χ0v) is 14.2. The van der Waals surface area contributed by atoms with Crippen molar-refractivity contribution in [2.75, 3.05) is 6.54 Å². The molecule has 0 saturated carbocycles. The van der Waals surface area contributed by atoms with Crippen molar-refractivity contribution < 1.29 is 8.42 Å². The van der Waals surface area contributed by atoms with Crippen molar-refractivity contribution in [1.82, 2.24) is 14.1 Å². The fourth-order valence-corrected chi connectivity index (χ4v) is 3.56. The molecule has 0 aliphatic heterocycles. The molecule has 0 radical (unpaired) electrons. The third kappa shape index (κ3) is 3.39. The molecule has 1 atom stereocenters. The maximum absolute atomic E-state index is 12.5. The van der Waals surface area contributed by atoms with Gasteiger partial charge in [0, 0.05) is 12.7 Å². The van der Waals surface area contributed by atoms with Gasteiger partial charge in [-0.2, -0.15) is 0 Å². The molecule has 0 bridgehead atoms. The van der Waals surface area contributed by atoms with Crippen molar-refractivity contribution in [3.8, 4) is 0 Å². The van der Waals surface area contributed by atoms with Crippen molar-refractivity contribution in [3.05, 3.63) is 29.5 Å². The number of fused-ring (bicyclic) bond motifs is 1. The van der Waals surface area contributed by atoms with Crippen LogP contribution in [-0.2, 0) is 10.0 Å². The molecule has 0 amide bonds. The van der Waals surface area contributed by atoms with Crippen LogP contribution in [0.5, 0.6) is 0 Å². The van der Waals surface area contributed by atoms with E-state index in [1.807, 2.05) is 6.92 Å². The highest BCUT2D eigenvalue weighted by Crippen LogP contribution is 2.26. The second-order valence-electron chi connectivity index (χ2n) is 6.26. The van der Waals surface area contributed by atoms with Crippen LogP contribution in [-0.4, -0.2) is 24.3 Å². The minimum Gasteiger partial charge on any atom is -0.288 e. The predicted molar refractivity (Wildman–Crippen MR) is 84.0 cm³/mol. The van der Waals surface area contributed by atoms with Gasteiger partial charge in [-0.3, -0.25) is 4.40 Å². The minimum atomic E-state index is -3.71. The predicted octanol–water partition coefficient (Wildman–Crippen LogP) is 2.95. The molecule has 2 rings (SSSR count). The highest BCUT2D eigenvalue weighted by Gasteiger charge is 2.27. The van der Waals surface area contributed by atoms with E-state index >= 15 is 0 Å². The minimum absolute atomic E-state index is 0.0131. The van der Waals surface area contributed by atoms with Crippen LogP contribution in [0.4, 0.5) is 0 Å². The monoisotopic (exact) mass is 329 g/mol. The molecule has 116 valence electrons. The largest absolute Gasteiger partial charge is 0.288 e. The van der Waals surface area contributed by atoms with Crippen molar-refractivity contribution in [1.29, 1.82) is 0 Å². The van der Waals surface area contributed by atoms with Crippen LogP contribution in [0.15, 0.2) is 29.4 Å². The van der Waals surface area contributed by atoms with Gasteiger partial charge in [-0.25, -0.2) is 18.1 Å². The molecular weight excluding hydrogens is 310 g/mol. The van der Waals surface area contributed by atoms with E-state index in [9.17, 15) is 8.42 Å². The fraction of sp³-hybridized carbons (Fsp3) is 0.500. The summed E-state index contributed by atoms with van der Waals surface area (Å²) in [5, 5.41) is -0.0296. The average Bonchev–Trinajstić information content (AvgIpc) is 2.71. The van der Waals surface area contributed by atoms with Crippen LogP contribution in [0.1, 0.15) is 27.7 Å². The zero-order valence-electron chi connectivity index (χ0n) is 12.6. The number of halogens is 1. The van der Waals surface area contributed by atoms with Crippen LogP contribution in [0.3, 0.4) is 0 Å². The number of hydrogen-bond donors (Lipinski definition) is 1. The van der Waals surface area contributed by atoms with Crippen molar-refractivity contribution in [2.45, 2.75) is 32.7 Å². The number of rotatable bonds is 4. The van der Waals surface area contributed by atoms with Gasteiger partial charge >= 0.3 is 0 Å². The van der Waals surface area contributed by atoms with Crippen LogP contribution >= 0.6 is 11.6 Å². The quantitative estimate of drug-likeness (QED) is 0.938. The number of aromatic nitrogens is 2. The summed E-state index contributed by atoms with van der Waals surface area (Å²) in [5.41, 5.74) is 0.526. The Morgan fingerprint density at radius 1 is 1.38 bits per heavy atom. The Balaban J connectivity index is 2.33. The molecule has 0 aliphatic carbocycles. The first-order valence-corrected chi connectivity index (χ1v) is 8.61. The Labute approximate surface area is 130 Å². The van der Waals surface area contributed by atoms with E-state index < -0.39 is 10.0 Å². The van der Waals surface area contributed by atoms with E-state index in [1.54, 1.807) is 24.4 Å². The standard InChI is InChI=1S/C14H20ClN3O2S/c1-10(14(2,3)4)9-16-21(19,20)13-12(15)17-11-7-5-6-8-18(11)13/h5-8,10,16H,9H2,1-4H3. The number of imidazole rings is 1. The van der Waals surface area contributed by atoms with Crippen LogP contribution in [0.25, 0.3) is 5.65 Å². The summed E-state index contributed by atoms with van der Waals surface area (Å²) < 4.78 is 29.1. The van der Waals surface area contributed by atoms with Gasteiger partial charge in [0.1, 0.15) is 5.65 Å². The smallest absolute Gasteiger partial charge is 0.259 e. The second kappa shape index (κ2) is 5.59. The molecule has 0 fully saturated rings. The van der Waals surface area contributed by atoms with Crippen molar-refractivity contribution in [2.24, 2.45) is 11.3 Å². The SMILES string of the molecule is CC(CNS(=O)(=O)c1c(Cl)nc2ccccn12)C(C)(C)C. The van der Waals surface area contributed by atoms with E-state index in [0.717, 1.165) is 0 Å². The normalized spacial score (nSPS) is 14.5. The maximum atomic E-state index is 12.5. The van der Waals surface area contributed by atoms with Crippen LogP contribution < -0.4 is 4.72 Å². The van der Waals surface area contributed by atoms with Gasteiger partial charge in [0.05, 0.1) is 0 Å². The number of hydrogen-bond acceptors (Lipinski definition) is 3. The van der Waals surface area contributed by atoms with Gasteiger partial charge in [-0.05, 0) is 23.5 Å². The molecule has 1 N–H and O–H groups in total. The van der Waals surface area contributed by atoms with E-state index in [0.29, 0.717) is 12.2 Å². The first kappa shape index (κ1) is 16.3. The molecule has 21 heavy (non-hydrogen) atoms. The van der Waals surface area contributed by atoms with Gasteiger partial charge in [0.25, 0.3) is 10.0 Å². The summed E-state index contributed by atoms with van der Waals surface area (Å²) in [5.74, 6) is 0.185. The molecule has 2 aromatic heterocycles. The van der Waals surface area contributed by atoms with Gasteiger partial charge < -0.3 is 0 Å². The van der Waals surface area contributed by atoms with Crippen LogP contribution in [0.2, 0.25) is 5.15 Å². The molecule has 2 heterocycles. The first-order valence-electron chi connectivity index (χ1n) is 6.75. The summed E-state index contributed by atoms with van der Waals surface area (Å²) in [6.45, 7) is 8.59. The Bertz CT molecular complexity index is 747. The molecule has 5 nitrogen and oxygen atoms in total. The molecule has 0 aromatic carbocycles. The lowest BCUT2D eigenvalue weighted by molar-refractivity contribution is 0.263. The van der Waals surface area contributed by atoms with Gasteiger partial charge in [-0.15, -0.1) is 0 Å². The average molecular weight is 330 g/mol. The summed E-state index contributed by atoms with van der Waals surface area (Å²) in [6, 6.07) is 5.23. The first-order chi connectivity index (χ1) is 9.63. The zero-order chi connectivity index (χ0) is 15.8. The lowest BCUT2D eigenvalue weighted by atomic mass is 9.82. The van der Waals surface area contributed by atoms with Gasteiger partial charge in [-0.1, -0.05) is 45.4 Å². The number of nitrogens with zero attached hydrogens (tertiary/aromatic N) is 2. The number of nitrogens with one attached hydrogen (secondary N) is 1. The van der Waals surface area contributed by atoms with Crippen molar-refractivity contribution in [3.63, 3.8) is 0 Å². The Kier molecular flexibility index (Phi) is 4.33. The fourth-order valence-electron chi connectivity index (χ4n) is 1.79. The number of sulfonamides is 1. The summed E-state index contributed by atoms with van der Waals surface area (Å²) in [7, 11) is -3.71. The Morgan fingerprint density at radius 3 is 2.67 bits per heavy atom. The molecule has 0 spiro atoms. The van der Waals surface area contributed by atoms with Gasteiger partial charge in [0.2, 0.25) is 0 Å². The summed E-state index contributed by atoms with van der Waals surface area (Å²) in [4.78, 5) is 4.06. The maximum Gasteiger partial charge on any atom is 0.259 e. The van der Waals surface area contributed by atoms with E-state index in [2.05, 4.69) is 30.5 Å². The number of pyridine rings is 1. The summed E-state index contributed by atoms with van der Waals surface area (Å²) >= 11 is 6.01. The topological polar surface area (TPSA) is 63.5 Å². The second-order valence-corrected chi connectivity index (χ2v) is 8.30. The highest BCUT2D eigenvalue weighted by atomic mass is 35.5. The van der Waals surface area contributed by atoms with E-state index in [-0.39, 0.29) is 21.5 Å². The molecular formula is C14H20ClN3O2S. The van der Waals surface area contributed by atoms with E-state index in [4.69, 9.17) is 11.6 Å². The molecule has 0 aliphatic rings. The van der Waals surface area contributed by atoms with Crippen molar-refractivity contribution >= 4 is 27.3 Å².